The van der Waals surface area contributed by atoms with Gasteiger partial charge in [0.05, 0.1) is 43.0 Å². The van der Waals surface area contributed by atoms with Crippen LogP contribution in [0.4, 0.5) is 13.6 Å². The molecule has 2 aromatic carbocycles. The van der Waals surface area contributed by atoms with Crippen molar-refractivity contribution in [3.63, 3.8) is 0 Å². The van der Waals surface area contributed by atoms with Gasteiger partial charge in [-0.05, 0) is 72.9 Å². The molecule has 0 spiro atoms. The molecule has 4 aromatic rings. The number of nitrogens with one attached hydrogen (secondary N) is 3. The second-order valence-corrected chi connectivity index (χ2v) is 14.9. The number of rotatable bonds is 12. The molecule has 3 amide bonds. The van der Waals surface area contributed by atoms with Gasteiger partial charge >= 0.3 is 6.09 Å². The van der Waals surface area contributed by atoms with E-state index in [0.29, 0.717) is 65.2 Å². The lowest BCUT2D eigenvalue weighted by atomic mass is 9.88. The van der Waals surface area contributed by atoms with Crippen LogP contribution < -0.4 is 5.32 Å². The number of imidazole rings is 2. The number of H-pyrrole nitrogens is 2. The average molecular weight is 744 g/mol. The van der Waals surface area contributed by atoms with Crippen LogP contribution in [0.15, 0.2) is 48.8 Å². The zero-order chi connectivity index (χ0) is 38.7. The van der Waals surface area contributed by atoms with Gasteiger partial charge < -0.3 is 29.8 Å². The fraction of sp³-hybridized carbons (Fsp3) is 0.488. The maximum Gasteiger partial charge on any atom is 0.407 e. The molecule has 54 heavy (non-hydrogen) atoms. The Hall–Kier alpha value is -5.07. The number of aromatic amines is 2. The number of carbonyl (C=O) groups excluding carboxylic acids is 3. The predicted octanol–water partition coefficient (Wildman–Crippen LogP) is 8.19. The molecule has 2 fully saturated rings. The van der Waals surface area contributed by atoms with Crippen LogP contribution in [0.5, 0.6) is 0 Å². The molecule has 4 heterocycles. The van der Waals surface area contributed by atoms with Crippen molar-refractivity contribution in [2.75, 3.05) is 20.2 Å². The zero-order valence-corrected chi connectivity index (χ0v) is 31.9. The maximum absolute atomic E-state index is 15.7. The number of likely N-dealkylation sites (tertiary alicyclic amines) is 2. The van der Waals surface area contributed by atoms with Crippen LogP contribution in [0.3, 0.4) is 0 Å². The molecule has 288 valence electrons. The first-order chi connectivity index (χ1) is 25.9. The van der Waals surface area contributed by atoms with E-state index in [4.69, 9.17) is 4.74 Å². The molecule has 6 rings (SSSR count). The highest BCUT2D eigenvalue weighted by Crippen LogP contribution is 2.37. The summed E-state index contributed by atoms with van der Waals surface area (Å²) in [5.41, 5.74) is 2.60. The number of carbonyl (C=O) groups is 3. The van der Waals surface area contributed by atoms with Gasteiger partial charge in [0, 0.05) is 30.1 Å². The number of hydrogen-bond donors (Lipinski definition) is 3. The smallest absolute Gasteiger partial charge is 0.407 e. The quantitative estimate of drug-likeness (QED) is 0.134. The summed E-state index contributed by atoms with van der Waals surface area (Å²) in [5.74, 6) is 0.191. The molecular formula is C41H51F2N7O4. The largest absolute Gasteiger partial charge is 0.453 e. The summed E-state index contributed by atoms with van der Waals surface area (Å²) in [4.78, 5) is 58.1. The number of ether oxygens (including phenoxy) is 1. The highest BCUT2D eigenvalue weighted by Gasteiger charge is 2.38. The standard InChI is InChI=1S/C41H51F2N7O4/c1-7-25(8-2)24(5)39(51)49-17-9-11-34(49)37-44-21-32(46-37)28-15-13-26(19-30(28)42)27-14-16-29(31(43)20-27)33-22-45-38(47-33)35-12-10-18-50(35)40(52)36(23(3)4)48-41(53)54-6/h13-16,19-25,34-36H,7-12,17-18H2,1-6H3,(H,44,46)(H,45,47)(H,48,53)/t24-,34-,35-,36-/m0/s1. The summed E-state index contributed by atoms with van der Waals surface area (Å²) in [5, 5.41) is 2.64. The number of hydrogen-bond acceptors (Lipinski definition) is 6. The molecular weight excluding hydrogens is 692 g/mol. The van der Waals surface area contributed by atoms with Gasteiger partial charge in [0.2, 0.25) is 11.8 Å². The van der Waals surface area contributed by atoms with Gasteiger partial charge in [0.15, 0.2) is 0 Å². The van der Waals surface area contributed by atoms with Crippen molar-refractivity contribution in [3.05, 3.63) is 72.1 Å². The van der Waals surface area contributed by atoms with E-state index in [1.165, 1.54) is 19.2 Å². The average Bonchev–Trinajstić information content (AvgIpc) is 4.00. The molecule has 0 aliphatic carbocycles. The van der Waals surface area contributed by atoms with Crippen molar-refractivity contribution in [1.82, 2.24) is 35.1 Å². The van der Waals surface area contributed by atoms with E-state index < -0.39 is 23.8 Å². The molecule has 4 atom stereocenters. The Bertz CT molecular complexity index is 1970. The van der Waals surface area contributed by atoms with E-state index in [-0.39, 0.29) is 41.3 Å². The number of benzene rings is 2. The normalized spacial score (nSPS) is 18.4. The SMILES string of the molecule is CCC(CC)[C@H](C)C(=O)N1CCC[C@H]1c1ncc(-c2ccc(-c3ccc(-c4cnc([C@@H]5CCCN5C(=O)[C@@H](NC(=O)OC)C(C)C)[nH]4)c(F)c3)cc2F)[nH]1. The second kappa shape index (κ2) is 16.5. The monoisotopic (exact) mass is 743 g/mol. The van der Waals surface area contributed by atoms with Crippen molar-refractivity contribution in [2.45, 2.75) is 91.3 Å². The molecule has 2 aliphatic heterocycles. The fourth-order valence-electron chi connectivity index (χ4n) is 8.08. The Kier molecular flexibility index (Phi) is 11.8. The van der Waals surface area contributed by atoms with Crippen molar-refractivity contribution in [3.8, 4) is 33.6 Å². The topological polar surface area (TPSA) is 136 Å². The highest BCUT2D eigenvalue weighted by atomic mass is 19.1. The lowest BCUT2D eigenvalue weighted by molar-refractivity contribution is -0.138. The first kappa shape index (κ1) is 38.6. The zero-order valence-electron chi connectivity index (χ0n) is 31.9. The van der Waals surface area contributed by atoms with Crippen molar-refractivity contribution in [2.24, 2.45) is 17.8 Å². The number of aromatic nitrogens is 4. The fourth-order valence-corrected chi connectivity index (χ4v) is 8.08. The molecule has 0 saturated carbocycles. The third-order valence-corrected chi connectivity index (χ3v) is 11.3. The minimum absolute atomic E-state index is 0.0714. The van der Waals surface area contributed by atoms with Crippen LogP contribution in [0.25, 0.3) is 33.6 Å². The van der Waals surface area contributed by atoms with Gasteiger partial charge in [0.1, 0.15) is 29.3 Å². The lowest BCUT2D eigenvalue weighted by Crippen LogP contribution is -2.51. The Morgan fingerprint density at radius 2 is 1.30 bits per heavy atom. The Morgan fingerprint density at radius 1 is 0.815 bits per heavy atom. The summed E-state index contributed by atoms with van der Waals surface area (Å²) in [6.07, 6.45) is 7.49. The predicted molar refractivity (Wildman–Crippen MR) is 202 cm³/mol. The number of nitrogens with zero attached hydrogens (tertiary/aromatic N) is 4. The molecule has 2 aliphatic rings. The number of amides is 3. The van der Waals surface area contributed by atoms with Crippen LogP contribution in [-0.4, -0.2) is 73.9 Å². The van der Waals surface area contributed by atoms with Gasteiger partial charge in [0.25, 0.3) is 0 Å². The molecule has 0 unspecified atom stereocenters. The van der Waals surface area contributed by atoms with Crippen LogP contribution in [0.2, 0.25) is 0 Å². The minimum atomic E-state index is -0.763. The summed E-state index contributed by atoms with van der Waals surface area (Å²) < 4.78 is 36.1. The molecule has 13 heteroatoms. The van der Waals surface area contributed by atoms with E-state index >= 15 is 8.78 Å². The summed E-state index contributed by atoms with van der Waals surface area (Å²) in [6.45, 7) is 11.1. The number of methoxy groups -OCH3 is 1. The number of halogens is 2. The van der Waals surface area contributed by atoms with E-state index in [2.05, 4.69) is 39.1 Å². The third-order valence-electron chi connectivity index (χ3n) is 11.3. The summed E-state index contributed by atoms with van der Waals surface area (Å²) in [7, 11) is 1.25. The van der Waals surface area contributed by atoms with Crippen molar-refractivity contribution < 1.29 is 27.9 Å². The molecule has 0 radical (unpaired) electrons. The van der Waals surface area contributed by atoms with Crippen LogP contribution in [-0.2, 0) is 14.3 Å². The van der Waals surface area contributed by atoms with Gasteiger partial charge in [-0.2, -0.15) is 0 Å². The molecule has 3 N–H and O–H groups in total. The molecule has 0 bridgehead atoms. The van der Waals surface area contributed by atoms with Gasteiger partial charge in [-0.1, -0.05) is 59.6 Å². The van der Waals surface area contributed by atoms with E-state index in [1.807, 2.05) is 25.7 Å². The first-order valence-corrected chi connectivity index (χ1v) is 19.1. The Labute approximate surface area is 315 Å². The third kappa shape index (κ3) is 7.76. The van der Waals surface area contributed by atoms with E-state index in [1.54, 1.807) is 41.6 Å². The Morgan fingerprint density at radius 3 is 1.72 bits per heavy atom. The first-order valence-electron chi connectivity index (χ1n) is 19.1. The second-order valence-electron chi connectivity index (χ2n) is 14.9. The van der Waals surface area contributed by atoms with Crippen LogP contribution in [0, 0.1) is 29.4 Å². The number of alkyl carbamates (subject to hydrolysis) is 1. The molecule has 2 saturated heterocycles. The van der Waals surface area contributed by atoms with Gasteiger partial charge in [-0.3, -0.25) is 9.59 Å². The van der Waals surface area contributed by atoms with Gasteiger partial charge in [-0.15, -0.1) is 0 Å². The maximum atomic E-state index is 15.7. The van der Waals surface area contributed by atoms with E-state index in [0.717, 1.165) is 32.1 Å². The summed E-state index contributed by atoms with van der Waals surface area (Å²) >= 11 is 0. The van der Waals surface area contributed by atoms with Crippen LogP contribution in [0.1, 0.15) is 96.9 Å². The molecule has 11 nitrogen and oxygen atoms in total. The lowest BCUT2D eigenvalue weighted by Gasteiger charge is -2.30. The van der Waals surface area contributed by atoms with Crippen LogP contribution >= 0.6 is 0 Å². The van der Waals surface area contributed by atoms with Crippen molar-refractivity contribution >= 4 is 17.9 Å². The highest BCUT2D eigenvalue weighted by molar-refractivity contribution is 5.86. The van der Waals surface area contributed by atoms with E-state index in [9.17, 15) is 14.4 Å². The summed E-state index contributed by atoms with van der Waals surface area (Å²) in [6, 6.07) is 8.20. The van der Waals surface area contributed by atoms with Crippen molar-refractivity contribution in [1.29, 1.82) is 0 Å². The molecule has 2 aromatic heterocycles. The Balaban J connectivity index is 1.16. The minimum Gasteiger partial charge on any atom is -0.453 e. The van der Waals surface area contributed by atoms with Gasteiger partial charge in [-0.25, -0.2) is 23.5 Å².